The second-order valence-electron chi connectivity index (χ2n) is 7.64. The van der Waals surface area contributed by atoms with Gasteiger partial charge in [-0.1, -0.05) is 66.9 Å². The van der Waals surface area contributed by atoms with Gasteiger partial charge in [0.2, 0.25) is 0 Å². The molecule has 0 fully saturated rings. The summed E-state index contributed by atoms with van der Waals surface area (Å²) < 4.78 is 28.7. The number of hydrogen-bond donors (Lipinski definition) is 1. The number of hydrogen-bond acceptors (Lipinski definition) is 3. The number of anilines is 1. The van der Waals surface area contributed by atoms with Crippen LogP contribution in [0.25, 0.3) is 0 Å². The van der Waals surface area contributed by atoms with Gasteiger partial charge in [-0.05, 0) is 66.8 Å². The maximum Gasteiger partial charge on any atom is 0.335 e. The number of aryl methyl sites for hydroxylation is 2. The van der Waals surface area contributed by atoms with Crippen LogP contribution in [0, 0.1) is 0 Å². The van der Waals surface area contributed by atoms with Crippen LogP contribution in [0.1, 0.15) is 41.3 Å². The van der Waals surface area contributed by atoms with E-state index in [1.807, 2.05) is 25.1 Å². The lowest BCUT2D eigenvalue weighted by Gasteiger charge is -2.27. The number of carboxylic acids is 1. The van der Waals surface area contributed by atoms with E-state index in [0.717, 1.165) is 17.5 Å². The van der Waals surface area contributed by atoms with Crippen molar-refractivity contribution in [2.45, 2.75) is 37.5 Å². The smallest absolute Gasteiger partial charge is 0.335 e. The monoisotopic (exact) mass is 505 g/mol. The second kappa shape index (κ2) is 11.1. The highest BCUT2D eigenvalue weighted by Crippen LogP contribution is 2.33. The van der Waals surface area contributed by atoms with Crippen LogP contribution in [-0.4, -0.2) is 26.0 Å². The lowest BCUT2D eigenvalue weighted by molar-refractivity contribution is 0.0697. The van der Waals surface area contributed by atoms with Crippen LogP contribution in [0.5, 0.6) is 0 Å². The van der Waals surface area contributed by atoms with Gasteiger partial charge in [-0.25, -0.2) is 13.2 Å². The molecule has 5 nitrogen and oxygen atoms in total. The standard InChI is InChI=1S/C25H25Cl2NO4S/c1-2-3-16-28(33(31,32)24-17-21(26)14-15-22(24)27)23-7-5-4-6-19(23)11-8-18-9-12-20(13-10-18)25(29)30/h4-7,9-10,12-15,17H,2-3,8,11,16H2,1H3,(H,29,30). The highest BCUT2D eigenvalue weighted by Gasteiger charge is 2.28. The summed E-state index contributed by atoms with van der Waals surface area (Å²) in [5, 5.41) is 9.50. The zero-order valence-corrected chi connectivity index (χ0v) is 20.5. The molecule has 0 saturated carbocycles. The molecule has 0 amide bonds. The Kier molecular flexibility index (Phi) is 8.40. The molecule has 8 heteroatoms. The van der Waals surface area contributed by atoms with Gasteiger partial charge < -0.3 is 5.11 Å². The molecule has 0 saturated heterocycles. The van der Waals surface area contributed by atoms with Crippen molar-refractivity contribution in [2.24, 2.45) is 0 Å². The van der Waals surface area contributed by atoms with Crippen molar-refractivity contribution in [3.63, 3.8) is 0 Å². The molecule has 0 spiro atoms. The average molecular weight is 506 g/mol. The number of carboxylic acid groups (broad SMARTS) is 1. The molecule has 0 aliphatic carbocycles. The quantitative estimate of drug-likeness (QED) is 0.342. The normalized spacial score (nSPS) is 11.4. The summed E-state index contributed by atoms with van der Waals surface area (Å²) in [6.45, 7) is 2.32. The summed E-state index contributed by atoms with van der Waals surface area (Å²) in [4.78, 5) is 11.1. The molecule has 0 aliphatic heterocycles. The van der Waals surface area contributed by atoms with Gasteiger partial charge in [0, 0.05) is 11.6 Å². The molecule has 0 bridgehead atoms. The molecule has 174 valence electrons. The SMILES string of the molecule is CCCCN(c1ccccc1CCc1ccc(C(=O)O)cc1)S(=O)(=O)c1cc(Cl)ccc1Cl. The molecular weight excluding hydrogens is 481 g/mol. The Morgan fingerprint density at radius 2 is 1.67 bits per heavy atom. The van der Waals surface area contributed by atoms with Gasteiger partial charge in [0.25, 0.3) is 10.0 Å². The Hall–Kier alpha value is -2.54. The largest absolute Gasteiger partial charge is 0.478 e. The number of para-hydroxylation sites is 1. The van der Waals surface area contributed by atoms with E-state index < -0.39 is 16.0 Å². The average Bonchev–Trinajstić information content (AvgIpc) is 2.80. The predicted molar refractivity (Wildman–Crippen MR) is 133 cm³/mol. The van der Waals surface area contributed by atoms with E-state index in [-0.39, 0.29) is 15.5 Å². The first-order chi connectivity index (χ1) is 15.7. The number of halogens is 2. The summed E-state index contributed by atoms with van der Waals surface area (Å²) in [6, 6.07) is 18.5. The van der Waals surface area contributed by atoms with E-state index in [0.29, 0.717) is 36.5 Å². The molecule has 0 radical (unpaired) electrons. The fraction of sp³-hybridized carbons (Fsp3) is 0.240. The van der Waals surface area contributed by atoms with Crippen molar-refractivity contribution in [3.8, 4) is 0 Å². The number of benzene rings is 3. The number of carbonyl (C=O) groups is 1. The summed E-state index contributed by atoms with van der Waals surface area (Å²) in [6.07, 6.45) is 2.73. The van der Waals surface area contributed by atoms with Gasteiger partial charge >= 0.3 is 5.97 Å². The van der Waals surface area contributed by atoms with E-state index >= 15 is 0 Å². The molecule has 0 aliphatic rings. The summed E-state index contributed by atoms with van der Waals surface area (Å²) in [7, 11) is -3.95. The summed E-state index contributed by atoms with van der Waals surface area (Å²) in [5.41, 5.74) is 2.67. The first-order valence-electron chi connectivity index (χ1n) is 10.6. The van der Waals surface area contributed by atoms with Crippen LogP contribution in [0.3, 0.4) is 0 Å². The molecule has 3 aromatic rings. The minimum atomic E-state index is -3.95. The summed E-state index contributed by atoms with van der Waals surface area (Å²) in [5.74, 6) is -0.969. The molecule has 33 heavy (non-hydrogen) atoms. The number of unbranched alkanes of at least 4 members (excludes halogenated alkanes) is 1. The van der Waals surface area contributed by atoms with E-state index in [9.17, 15) is 13.2 Å². The Bertz CT molecular complexity index is 1230. The third kappa shape index (κ3) is 6.08. The van der Waals surface area contributed by atoms with Crippen LogP contribution in [0.4, 0.5) is 5.69 Å². The zero-order chi connectivity index (χ0) is 24.0. The third-order valence-electron chi connectivity index (χ3n) is 5.32. The van der Waals surface area contributed by atoms with Crippen LogP contribution < -0.4 is 4.31 Å². The molecule has 3 aromatic carbocycles. The molecule has 3 rings (SSSR count). The van der Waals surface area contributed by atoms with E-state index in [1.165, 1.54) is 16.4 Å². The van der Waals surface area contributed by atoms with E-state index in [4.69, 9.17) is 28.3 Å². The highest BCUT2D eigenvalue weighted by molar-refractivity contribution is 7.93. The first-order valence-corrected chi connectivity index (χ1v) is 12.8. The van der Waals surface area contributed by atoms with Gasteiger partial charge in [0.1, 0.15) is 4.90 Å². The van der Waals surface area contributed by atoms with Crippen molar-refractivity contribution in [3.05, 3.63) is 93.5 Å². The van der Waals surface area contributed by atoms with Crippen LogP contribution in [0.15, 0.2) is 71.6 Å². The number of nitrogens with zero attached hydrogens (tertiary/aromatic N) is 1. The van der Waals surface area contributed by atoms with Gasteiger partial charge in [0.15, 0.2) is 0 Å². The molecule has 1 N–H and O–H groups in total. The van der Waals surface area contributed by atoms with Gasteiger partial charge in [0.05, 0.1) is 16.3 Å². The van der Waals surface area contributed by atoms with E-state index in [1.54, 1.807) is 36.4 Å². The Morgan fingerprint density at radius 3 is 2.33 bits per heavy atom. The Labute approximate surface area is 204 Å². The first kappa shape index (κ1) is 25.1. The molecule has 0 heterocycles. The van der Waals surface area contributed by atoms with Gasteiger partial charge in [-0.3, -0.25) is 4.31 Å². The second-order valence-corrected chi connectivity index (χ2v) is 10.3. The maximum absolute atomic E-state index is 13.7. The van der Waals surface area contributed by atoms with Crippen LogP contribution in [0.2, 0.25) is 10.0 Å². The van der Waals surface area contributed by atoms with Crippen molar-refractivity contribution in [1.29, 1.82) is 0 Å². The fourth-order valence-corrected chi connectivity index (χ4v) is 5.81. The van der Waals surface area contributed by atoms with Crippen molar-refractivity contribution >= 4 is 44.9 Å². The Balaban J connectivity index is 1.95. The number of aromatic carboxylic acids is 1. The molecular formula is C25H25Cl2NO4S. The highest BCUT2D eigenvalue weighted by atomic mass is 35.5. The minimum Gasteiger partial charge on any atom is -0.478 e. The third-order valence-corrected chi connectivity index (χ3v) is 7.85. The van der Waals surface area contributed by atoms with Gasteiger partial charge in [-0.15, -0.1) is 0 Å². The van der Waals surface area contributed by atoms with Gasteiger partial charge in [-0.2, -0.15) is 0 Å². The molecule has 0 unspecified atom stereocenters. The van der Waals surface area contributed by atoms with Crippen LogP contribution in [-0.2, 0) is 22.9 Å². The van der Waals surface area contributed by atoms with Crippen molar-refractivity contribution < 1.29 is 18.3 Å². The number of rotatable bonds is 10. The van der Waals surface area contributed by atoms with Crippen molar-refractivity contribution in [1.82, 2.24) is 0 Å². The molecule has 0 atom stereocenters. The van der Waals surface area contributed by atoms with Crippen molar-refractivity contribution in [2.75, 3.05) is 10.8 Å². The van der Waals surface area contributed by atoms with E-state index in [2.05, 4.69) is 0 Å². The lowest BCUT2D eigenvalue weighted by Crippen LogP contribution is -2.33. The number of sulfonamides is 1. The summed E-state index contributed by atoms with van der Waals surface area (Å²) >= 11 is 12.3. The minimum absolute atomic E-state index is 0.0215. The predicted octanol–water partition coefficient (Wildman–Crippen LogP) is 6.47. The maximum atomic E-state index is 13.7. The fourth-order valence-electron chi connectivity index (χ4n) is 3.52. The lowest BCUT2D eigenvalue weighted by atomic mass is 10.0. The zero-order valence-electron chi connectivity index (χ0n) is 18.2. The Morgan fingerprint density at radius 1 is 0.970 bits per heavy atom. The van der Waals surface area contributed by atoms with Crippen LogP contribution >= 0.6 is 23.2 Å². The topological polar surface area (TPSA) is 74.7 Å². The molecule has 0 aromatic heterocycles.